The van der Waals surface area contributed by atoms with Gasteiger partial charge in [0.05, 0.1) is 6.42 Å². The summed E-state index contributed by atoms with van der Waals surface area (Å²) in [6.07, 6.45) is 0.758. The molecule has 8 heteroatoms. The molecule has 1 heterocycles. The highest BCUT2D eigenvalue weighted by atomic mass is 35.5. The van der Waals surface area contributed by atoms with Crippen molar-refractivity contribution in [2.24, 2.45) is 0 Å². The van der Waals surface area contributed by atoms with E-state index >= 15 is 0 Å². The van der Waals surface area contributed by atoms with Gasteiger partial charge in [-0.25, -0.2) is 18.7 Å². The number of hydrogen-bond acceptors (Lipinski definition) is 3. The lowest BCUT2D eigenvalue weighted by molar-refractivity contribution is -0.115. The first-order chi connectivity index (χ1) is 9.49. The molecule has 1 N–H and O–H groups in total. The minimum Gasteiger partial charge on any atom is -0.309 e. The third-order valence-corrected chi connectivity index (χ3v) is 3.13. The van der Waals surface area contributed by atoms with E-state index < -0.39 is 17.5 Å². The highest BCUT2D eigenvalue weighted by Crippen LogP contribution is 2.25. The molecule has 20 heavy (non-hydrogen) atoms. The lowest BCUT2D eigenvalue weighted by atomic mass is 10.1. The molecule has 0 spiro atoms. The Hall–Kier alpha value is -1.79. The van der Waals surface area contributed by atoms with Crippen molar-refractivity contribution in [3.63, 3.8) is 0 Å². The molecule has 1 aromatic carbocycles. The number of carbonyl (C=O) groups excluding carboxylic acids is 1. The van der Waals surface area contributed by atoms with Crippen molar-refractivity contribution >= 4 is 34.9 Å². The molecule has 0 saturated heterocycles. The number of carbonyl (C=O) groups is 1. The summed E-state index contributed by atoms with van der Waals surface area (Å²) in [5.74, 6) is -2.67. The maximum atomic E-state index is 13.4. The van der Waals surface area contributed by atoms with E-state index in [1.165, 1.54) is 12.1 Å². The number of halogens is 4. The Bertz CT molecular complexity index is 612. The van der Waals surface area contributed by atoms with E-state index in [-0.39, 0.29) is 28.0 Å². The lowest BCUT2D eigenvalue weighted by Gasteiger charge is -2.07. The van der Waals surface area contributed by atoms with E-state index in [4.69, 9.17) is 23.2 Å². The summed E-state index contributed by atoms with van der Waals surface area (Å²) < 4.78 is 26.4. The zero-order valence-corrected chi connectivity index (χ0v) is 11.3. The van der Waals surface area contributed by atoms with Crippen LogP contribution in [0.1, 0.15) is 5.56 Å². The third kappa shape index (κ3) is 3.20. The number of amides is 1. The highest BCUT2D eigenvalue weighted by molar-refractivity contribution is 6.42. The standard InChI is InChI=1S/C12H7Cl2F2N3O/c13-9-11(14)17-5-18-12(9)19-8(20)4-6-2-1-3-7(15)10(6)16/h1-3,5H,4H2,(H,17,18,19,20). The topological polar surface area (TPSA) is 54.9 Å². The van der Waals surface area contributed by atoms with Crippen LogP contribution in [0.25, 0.3) is 0 Å². The summed E-state index contributed by atoms with van der Waals surface area (Å²) in [6.45, 7) is 0. The number of benzene rings is 1. The number of rotatable bonds is 3. The molecular formula is C12H7Cl2F2N3O. The fourth-order valence-electron chi connectivity index (χ4n) is 1.47. The molecule has 0 unspecified atom stereocenters. The molecule has 0 aliphatic rings. The molecule has 2 aromatic rings. The van der Waals surface area contributed by atoms with E-state index in [0.717, 1.165) is 12.4 Å². The van der Waals surface area contributed by atoms with Gasteiger partial charge in [0.25, 0.3) is 0 Å². The molecule has 0 bridgehead atoms. The van der Waals surface area contributed by atoms with Crippen molar-refractivity contribution < 1.29 is 13.6 Å². The van der Waals surface area contributed by atoms with Crippen LogP contribution in [-0.4, -0.2) is 15.9 Å². The van der Waals surface area contributed by atoms with Gasteiger partial charge >= 0.3 is 0 Å². The van der Waals surface area contributed by atoms with Crippen LogP contribution < -0.4 is 5.32 Å². The quantitative estimate of drug-likeness (QED) is 0.884. The lowest BCUT2D eigenvalue weighted by Crippen LogP contribution is -2.17. The van der Waals surface area contributed by atoms with Gasteiger partial charge in [-0.05, 0) is 6.07 Å². The zero-order chi connectivity index (χ0) is 14.7. The van der Waals surface area contributed by atoms with Gasteiger partial charge in [-0.3, -0.25) is 4.79 Å². The Morgan fingerprint density at radius 2 is 2.00 bits per heavy atom. The normalized spacial score (nSPS) is 10.4. The van der Waals surface area contributed by atoms with Crippen LogP contribution in [0.4, 0.5) is 14.6 Å². The Morgan fingerprint density at radius 3 is 2.75 bits per heavy atom. The van der Waals surface area contributed by atoms with Crippen molar-refractivity contribution in [3.8, 4) is 0 Å². The maximum Gasteiger partial charge on any atom is 0.230 e. The molecule has 1 aromatic heterocycles. The van der Waals surface area contributed by atoms with Crippen LogP contribution in [-0.2, 0) is 11.2 Å². The van der Waals surface area contributed by atoms with Gasteiger partial charge in [0.1, 0.15) is 11.3 Å². The van der Waals surface area contributed by atoms with Crippen molar-refractivity contribution in [1.82, 2.24) is 9.97 Å². The molecule has 0 saturated carbocycles. The second-order valence-electron chi connectivity index (χ2n) is 3.76. The minimum absolute atomic E-state index is 0.00785. The van der Waals surface area contributed by atoms with Crippen LogP contribution in [0.2, 0.25) is 10.2 Å². The van der Waals surface area contributed by atoms with Gasteiger partial charge in [0, 0.05) is 5.56 Å². The molecule has 0 radical (unpaired) electrons. The molecule has 104 valence electrons. The number of nitrogens with one attached hydrogen (secondary N) is 1. The summed E-state index contributed by atoms with van der Waals surface area (Å²) >= 11 is 11.5. The van der Waals surface area contributed by atoms with Crippen LogP contribution in [0.3, 0.4) is 0 Å². The molecule has 0 aliphatic heterocycles. The highest BCUT2D eigenvalue weighted by Gasteiger charge is 2.14. The number of anilines is 1. The average Bonchev–Trinajstić information content (AvgIpc) is 2.40. The third-order valence-electron chi connectivity index (χ3n) is 2.39. The van der Waals surface area contributed by atoms with Crippen LogP contribution >= 0.6 is 23.2 Å². The Labute approximate surface area is 122 Å². The van der Waals surface area contributed by atoms with E-state index in [0.29, 0.717) is 0 Å². The summed E-state index contributed by atoms with van der Waals surface area (Å²) in [5.41, 5.74) is -0.0706. The molecule has 4 nitrogen and oxygen atoms in total. The monoisotopic (exact) mass is 317 g/mol. The van der Waals surface area contributed by atoms with Crippen molar-refractivity contribution in [1.29, 1.82) is 0 Å². The Balaban J connectivity index is 2.13. The predicted molar refractivity (Wildman–Crippen MR) is 70.7 cm³/mol. The van der Waals surface area contributed by atoms with Gasteiger partial charge in [-0.1, -0.05) is 35.3 Å². The van der Waals surface area contributed by atoms with Crippen molar-refractivity contribution in [2.75, 3.05) is 5.32 Å². The first-order valence-electron chi connectivity index (χ1n) is 5.37. The molecule has 0 fully saturated rings. The number of hydrogen-bond donors (Lipinski definition) is 1. The van der Waals surface area contributed by atoms with Gasteiger partial charge in [-0.15, -0.1) is 0 Å². The Morgan fingerprint density at radius 1 is 1.25 bits per heavy atom. The van der Waals surface area contributed by atoms with Crippen LogP contribution in [0, 0.1) is 11.6 Å². The van der Waals surface area contributed by atoms with E-state index in [1.807, 2.05) is 0 Å². The summed E-state index contributed by atoms with van der Waals surface area (Å²) in [6, 6.07) is 3.60. The number of aromatic nitrogens is 2. The summed E-state index contributed by atoms with van der Waals surface area (Å²) in [4.78, 5) is 19.1. The van der Waals surface area contributed by atoms with Gasteiger partial charge in [-0.2, -0.15) is 0 Å². The fraction of sp³-hybridized carbons (Fsp3) is 0.0833. The first-order valence-corrected chi connectivity index (χ1v) is 6.13. The molecule has 1 amide bonds. The van der Waals surface area contributed by atoms with Gasteiger partial charge < -0.3 is 5.32 Å². The van der Waals surface area contributed by atoms with Crippen LogP contribution in [0.15, 0.2) is 24.5 Å². The first kappa shape index (κ1) is 14.6. The molecule has 2 rings (SSSR count). The second-order valence-corrected chi connectivity index (χ2v) is 4.50. The SMILES string of the molecule is O=C(Cc1cccc(F)c1F)Nc1ncnc(Cl)c1Cl. The minimum atomic E-state index is -1.06. The summed E-state index contributed by atoms with van der Waals surface area (Å²) in [5, 5.41) is 2.31. The largest absolute Gasteiger partial charge is 0.309 e. The van der Waals surface area contributed by atoms with Gasteiger partial charge in [0.15, 0.2) is 22.6 Å². The molecule has 0 aliphatic carbocycles. The molecule has 0 atom stereocenters. The van der Waals surface area contributed by atoms with E-state index in [2.05, 4.69) is 15.3 Å². The zero-order valence-electron chi connectivity index (χ0n) is 9.83. The fourth-order valence-corrected chi connectivity index (χ4v) is 1.75. The summed E-state index contributed by atoms with van der Waals surface area (Å²) in [7, 11) is 0. The smallest absolute Gasteiger partial charge is 0.230 e. The molecular weight excluding hydrogens is 311 g/mol. The van der Waals surface area contributed by atoms with Gasteiger partial charge in [0.2, 0.25) is 5.91 Å². The van der Waals surface area contributed by atoms with Crippen molar-refractivity contribution in [3.05, 3.63) is 51.9 Å². The predicted octanol–water partition coefficient (Wildman–Crippen LogP) is 3.24. The Kier molecular flexibility index (Phi) is 4.46. The van der Waals surface area contributed by atoms with E-state index in [1.54, 1.807) is 0 Å². The maximum absolute atomic E-state index is 13.4. The average molecular weight is 318 g/mol. The van der Waals surface area contributed by atoms with Crippen LogP contribution in [0.5, 0.6) is 0 Å². The van der Waals surface area contributed by atoms with Crippen molar-refractivity contribution in [2.45, 2.75) is 6.42 Å². The number of nitrogens with zero attached hydrogens (tertiary/aromatic N) is 2. The second kappa shape index (κ2) is 6.11. The van der Waals surface area contributed by atoms with E-state index in [9.17, 15) is 13.6 Å².